The zero-order valence-electron chi connectivity index (χ0n) is 30.6. The second-order valence-corrected chi connectivity index (χ2v) is 16.6. The number of fused-ring (bicyclic) bond motifs is 2. The summed E-state index contributed by atoms with van der Waals surface area (Å²) in [5.41, 5.74) is -1.49. The molecule has 1 aliphatic rings. The Labute approximate surface area is 322 Å². The second-order valence-electron chi connectivity index (χ2n) is 14.5. The molecule has 0 saturated carbocycles. The normalized spacial score (nSPS) is 15.8. The van der Waals surface area contributed by atoms with Crippen molar-refractivity contribution >= 4 is 39.1 Å². The lowest BCUT2D eigenvalue weighted by atomic mass is 9.94. The molecule has 0 fully saturated rings. The number of alkyl halides is 4. The minimum atomic E-state index is -3.84. The van der Waals surface area contributed by atoms with Gasteiger partial charge in [-0.05, 0) is 87.9 Å². The van der Waals surface area contributed by atoms with Crippen molar-refractivity contribution in [3.05, 3.63) is 93.2 Å². The number of carbonyl (C=O) groups is 1. The molecule has 0 spiro atoms. The lowest BCUT2D eigenvalue weighted by Crippen LogP contribution is -2.35. The van der Waals surface area contributed by atoms with E-state index in [9.17, 15) is 30.8 Å². The molecule has 296 valence electrons. The predicted octanol–water partition coefficient (Wildman–Crippen LogP) is 7.40. The molecule has 4 aromatic heterocycles. The quantitative estimate of drug-likeness (QED) is 0.0806. The van der Waals surface area contributed by atoms with Crippen LogP contribution in [0.3, 0.4) is 0 Å². The third kappa shape index (κ3) is 8.48. The molecular formula is C37H35ClF6N8O3S. The molecule has 2 N–H and O–H groups in total. The van der Waals surface area contributed by atoms with Crippen LogP contribution < -0.4 is 10.0 Å². The number of amides is 1. The Kier molecular flexibility index (Phi) is 10.9. The number of rotatable bonds is 11. The lowest BCUT2D eigenvalue weighted by Gasteiger charge is -2.23. The minimum absolute atomic E-state index is 0.0124. The number of pyridine rings is 2. The molecule has 6 rings (SSSR count). The summed E-state index contributed by atoms with van der Waals surface area (Å²) >= 11 is 6.46. The molecule has 2 unspecified atom stereocenters. The first-order valence-electron chi connectivity index (χ1n) is 17.2. The summed E-state index contributed by atoms with van der Waals surface area (Å²) in [6.45, 7) is 6.20. The van der Waals surface area contributed by atoms with E-state index in [-0.39, 0.29) is 69.7 Å². The van der Waals surface area contributed by atoms with Crippen LogP contribution in [0, 0.1) is 34.8 Å². The number of nitrogens with zero attached hydrogens (tertiary/aromatic N) is 6. The standard InChI is InChI=1S/C37H35ClF6N8O3S/c1-6-20-16-26-31(33(41)42)49-51(32(26)37(20,43)44)18-29(53)46-27(15-19-13-21(39)17-22(40)14-19)30-24(8-7-23(45-30)11-12-36(2,3)4)25-9-10-28(38)52-34(25)47-48-35(52)50-56(5,54)55/h7-10,13-14,17,20,27,33H,6,15-16,18H2,1-5H3,(H,46,53)(H,48,50). The molecule has 1 amide bonds. The SMILES string of the molecule is CCC1Cc2c(C(F)F)nn(CC(=O)NC(Cc3cc(F)cc(F)c3)c3nc(C#CC(C)(C)C)ccc3-c3ccc(Cl)n4c(NS(C)(=O)=O)nnc34)c2C1(F)F. The van der Waals surface area contributed by atoms with Crippen LogP contribution in [-0.4, -0.2) is 49.9 Å². The smallest absolute Gasteiger partial charge is 0.292 e. The molecule has 0 bridgehead atoms. The maximum absolute atomic E-state index is 15.6. The molecule has 5 aromatic rings. The van der Waals surface area contributed by atoms with Gasteiger partial charge in [0.1, 0.15) is 40.4 Å². The summed E-state index contributed by atoms with van der Waals surface area (Å²) in [7, 11) is -3.84. The number of anilines is 1. The van der Waals surface area contributed by atoms with Crippen molar-refractivity contribution in [2.24, 2.45) is 11.3 Å². The van der Waals surface area contributed by atoms with Crippen LogP contribution in [0.15, 0.2) is 42.5 Å². The van der Waals surface area contributed by atoms with Crippen molar-refractivity contribution in [3.63, 3.8) is 0 Å². The van der Waals surface area contributed by atoms with Crippen LogP contribution >= 0.6 is 11.6 Å². The van der Waals surface area contributed by atoms with Gasteiger partial charge in [0.05, 0.1) is 18.0 Å². The number of hydrogen-bond donors (Lipinski definition) is 2. The van der Waals surface area contributed by atoms with Crippen LogP contribution in [0.25, 0.3) is 16.8 Å². The topological polar surface area (TPSA) is 136 Å². The van der Waals surface area contributed by atoms with E-state index in [1.807, 2.05) is 20.8 Å². The highest BCUT2D eigenvalue weighted by atomic mass is 35.5. The Morgan fingerprint density at radius 1 is 1.05 bits per heavy atom. The zero-order chi connectivity index (χ0) is 40.9. The molecule has 4 heterocycles. The van der Waals surface area contributed by atoms with Gasteiger partial charge < -0.3 is 5.32 Å². The fourth-order valence-corrected chi connectivity index (χ4v) is 7.29. The van der Waals surface area contributed by atoms with Crippen LogP contribution in [0.5, 0.6) is 0 Å². The maximum Gasteiger partial charge on any atom is 0.292 e. The molecule has 0 saturated heterocycles. The number of halogens is 7. The van der Waals surface area contributed by atoms with Gasteiger partial charge in [-0.2, -0.15) is 13.9 Å². The first-order valence-corrected chi connectivity index (χ1v) is 19.5. The average Bonchev–Trinajstić information content (AvgIpc) is 3.74. The Morgan fingerprint density at radius 3 is 2.36 bits per heavy atom. The second kappa shape index (κ2) is 15.1. The van der Waals surface area contributed by atoms with Crippen molar-refractivity contribution in [1.82, 2.24) is 34.7 Å². The van der Waals surface area contributed by atoms with Gasteiger partial charge in [-0.25, -0.2) is 35.4 Å². The number of sulfonamides is 1. The number of nitrogens with one attached hydrogen (secondary N) is 2. The van der Waals surface area contributed by atoms with Gasteiger partial charge in [0.2, 0.25) is 21.9 Å². The molecule has 11 nitrogen and oxygen atoms in total. The van der Waals surface area contributed by atoms with E-state index >= 15 is 8.78 Å². The van der Waals surface area contributed by atoms with E-state index in [0.29, 0.717) is 10.7 Å². The molecule has 1 aromatic carbocycles. The first-order chi connectivity index (χ1) is 26.1. The molecule has 0 aliphatic heterocycles. The number of aromatic nitrogens is 6. The van der Waals surface area contributed by atoms with Gasteiger partial charge in [-0.3, -0.25) is 14.2 Å². The van der Waals surface area contributed by atoms with E-state index < -0.39 is 75.2 Å². The first kappa shape index (κ1) is 40.5. The summed E-state index contributed by atoms with van der Waals surface area (Å²) in [4.78, 5) is 18.7. The fourth-order valence-electron chi connectivity index (χ4n) is 6.60. The van der Waals surface area contributed by atoms with Crippen LogP contribution in [0.1, 0.15) is 80.5 Å². The Hall–Kier alpha value is -5.15. The Morgan fingerprint density at radius 2 is 1.73 bits per heavy atom. The summed E-state index contributed by atoms with van der Waals surface area (Å²) in [5, 5.41) is 14.5. The lowest BCUT2D eigenvalue weighted by molar-refractivity contribution is -0.123. The highest BCUT2D eigenvalue weighted by Crippen LogP contribution is 2.49. The summed E-state index contributed by atoms with van der Waals surface area (Å²) < 4.78 is 117. The van der Waals surface area contributed by atoms with Gasteiger partial charge in [0, 0.05) is 34.1 Å². The summed E-state index contributed by atoms with van der Waals surface area (Å²) in [5.74, 6) is -1.83. The monoisotopic (exact) mass is 820 g/mol. The summed E-state index contributed by atoms with van der Waals surface area (Å²) in [6, 6.07) is 7.55. The van der Waals surface area contributed by atoms with Gasteiger partial charge in [-0.15, -0.1) is 10.2 Å². The van der Waals surface area contributed by atoms with E-state index in [0.717, 1.165) is 18.4 Å². The molecule has 56 heavy (non-hydrogen) atoms. The van der Waals surface area contributed by atoms with Crippen molar-refractivity contribution in [1.29, 1.82) is 0 Å². The largest absolute Gasteiger partial charge is 0.346 e. The molecule has 0 radical (unpaired) electrons. The third-order valence-electron chi connectivity index (χ3n) is 8.94. The zero-order valence-corrected chi connectivity index (χ0v) is 32.1. The number of carbonyl (C=O) groups excluding carboxylic acids is 1. The molecular weight excluding hydrogens is 786 g/mol. The van der Waals surface area contributed by atoms with Crippen molar-refractivity contribution in [2.75, 3.05) is 11.0 Å². The average molecular weight is 821 g/mol. The van der Waals surface area contributed by atoms with Crippen molar-refractivity contribution in [2.45, 2.75) is 71.9 Å². The predicted molar refractivity (Wildman–Crippen MR) is 196 cm³/mol. The number of benzene rings is 1. The van der Waals surface area contributed by atoms with Crippen LogP contribution in [0.4, 0.5) is 32.3 Å². The van der Waals surface area contributed by atoms with Crippen molar-refractivity contribution < 1.29 is 39.6 Å². The van der Waals surface area contributed by atoms with Gasteiger partial charge in [0.25, 0.3) is 12.3 Å². The molecule has 19 heteroatoms. The number of hydrogen-bond acceptors (Lipinski definition) is 7. The van der Waals surface area contributed by atoms with Gasteiger partial charge in [-0.1, -0.05) is 24.4 Å². The molecule has 2 atom stereocenters. The Bertz CT molecular complexity index is 2500. The summed E-state index contributed by atoms with van der Waals surface area (Å²) in [6.07, 6.45) is -2.95. The maximum atomic E-state index is 15.6. The Balaban J connectivity index is 1.51. The third-order valence-corrected chi connectivity index (χ3v) is 9.79. The van der Waals surface area contributed by atoms with E-state index in [1.54, 1.807) is 12.1 Å². The highest BCUT2D eigenvalue weighted by molar-refractivity contribution is 7.92. The van der Waals surface area contributed by atoms with E-state index in [4.69, 9.17) is 16.6 Å². The molecule has 1 aliphatic carbocycles. The van der Waals surface area contributed by atoms with Gasteiger partial charge >= 0.3 is 0 Å². The van der Waals surface area contributed by atoms with E-state index in [2.05, 4.69) is 37.2 Å². The fraction of sp³-hybridized carbons (Fsp3) is 0.378. The highest BCUT2D eigenvalue weighted by Gasteiger charge is 2.52. The van der Waals surface area contributed by atoms with Crippen molar-refractivity contribution in [3.8, 4) is 23.0 Å². The minimum Gasteiger partial charge on any atom is -0.346 e. The van der Waals surface area contributed by atoms with Crippen LogP contribution in [-0.2, 0) is 40.1 Å². The van der Waals surface area contributed by atoms with Gasteiger partial charge in [0.15, 0.2) is 5.65 Å². The van der Waals surface area contributed by atoms with E-state index in [1.165, 1.54) is 23.5 Å². The van der Waals surface area contributed by atoms with Crippen LogP contribution in [0.2, 0.25) is 5.15 Å².